The van der Waals surface area contributed by atoms with E-state index in [4.69, 9.17) is 15.2 Å². The summed E-state index contributed by atoms with van der Waals surface area (Å²) in [6.45, 7) is 6.51. The van der Waals surface area contributed by atoms with E-state index in [1.165, 1.54) is 25.4 Å². The van der Waals surface area contributed by atoms with Gasteiger partial charge in [-0.2, -0.15) is 0 Å². The van der Waals surface area contributed by atoms with Gasteiger partial charge in [-0.05, 0) is 33.1 Å². The second-order valence-electron chi connectivity index (χ2n) is 6.44. The highest BCUT2D eigenvalue weighted by Crippen LogP contribution is 2.35. The molecule has 1 rings (SSSR count). The summed E-state index contributed by atoms with van der Waals surface area (Å²) in [4.78, 5) is 12.4. The van der Waals surface area contributed by atoms with Gasteiger partial charge in [0.25, 0.3) is 0 Å². The molecule has 0 radical (unpaired) electrons. The standard InChI is InChI=1S/C19H31NO4/c1-12(7-6-8-13(2)11-20)9-10-15-14(3)16(21)18(23-4)19(24-5)17(15)22/h8-9,14-15,17,22H,6-7,10-11,20H2,1-5H3/b12-9+,13-8+. The van der Waals surface area contributed by atoms with Gasteiger partial charge < -0.3 is 20.3 Å². The third-order valence-electron chi connectivity index (χ3n) is 4.69. The maximum absolute atomic E-state index is 12.4. The van der Waals surface area contributed by atoms with Crippen molar-refractivity contribution in [1.82, 2.24) is 0 Å². The number of ether oxygens (including phenoxy) is 2. The molecule has 0 fully saturated rings. The predicted molar refractivity (Wildman–Crippen MR) is 95.1 cm³/mol. The molecule has 0 heterocycles. The molecule has 136 valence electrons. The van der Waals surface area contributed by atoms with Crippen molar-refractivity contribution < 1.29 is 19.4 Å². The third kappa shape index (κ3) is 4.95. The summed E-state index contributed by atoms with van der Waals surface area (Å²) in [5.41, 5.74) is 7.99. The van der Waals surface area contributed by atoms with Crippen LogP contribution in [0.5, 0.6) is 0 Å². The Balaban J connectivity index is 2.78. The van der Waals surface area contributed by atoms with Crippen LogP contribution in [0.4, 0.5) is 0 Å². The number of carbonyl (C=O) groups is 1. The summed E-state index contributed by atoms with van der Waals surface area (Å²) >= 11 is 0. The maximum atomic E-state index is 12.4. The van der Waals surface area contributed by atoms with Crippen molar-refractivity contribution in [3.63, 3.8) is 0 Å². The van der Waals surface area contributed by atoms with Gasteiger partial charge in [-0.25, -0.2) is 0 Å². The highest BCUT2D eigenvalue weighted by Gasteiger charge is 2.42. The van der Waals surface area contributed by atoms with Gasteiger partial charge in [0.1, 0.15) is 6.10 Å². The highest BCUT2D eigenvalue weighted by atomic mass is 16.5. The van der Waals surface area contributed by atoms with Crippen LogP contribution in [-0.4, -0.2) is 37.8 Å². The van der Waals surface area contributed by atoms with Crippen LogP contribution in [-0.2, 0) is 14.3 Å². The van der Waals surface area contributed by atoms with E-state index in [2.05, 4.69) is 19.1 Å². The van der Waals surface area contributed by atoms with Crippen LogP contribution in [0.25, 0.3) is 0 Å². The fraction of sp³-hybridized carbons (Fsp3) is 0.632. The average molecular weight is 337 g/mol. The molecule has 0 aliphatic heterocycles. The molecule has 0 aromatic rings. The SMILES string of the molecule is COC1=C(OC)C(O)C(C/C=C(\C)CC/C=C(\C)CN)C(C)C1=O. The Morgan fingerprint density at radius 3 is 2.42 bits per heavy atom. The van der Waals surface area contributed by atoms with Crippen molar-refractivity contribution in [3.05, 3.63) is 34.8 Å². The Kier molecular flexibility index (Phi) is 8.22. The van der Waals surface area contributed by atoms with Crippen molar-refractivity contribution in [2.45, 2.75) is 46.1 Å². The fourth-order valence-corrected chi connectivity index (χ4v) is 2.94. The minimum Gasteiger partial charge on any atom is -0.494 e. The lowest BCUT2D eigenvalue weighted by Gasteiger charge is -2.33. The zero-order valence-electron chi connectivity index (χ0n) is 15.5. The summed E-state index contributed by atoms with van der Waals surface area (Å²) in [6.07, 6.45) is 5.94. The van der Waals surface area contributed by atoms with Crippen molar-refractivity contribution in [2.75, 3.05) is 20.8 Å². The van der Waals surface area contributed by atoms with Crippen LogP contribution in [0.3, 0.4) is 0 Å². The molecule has 5 nitrogen and oxygen atoms in total. The van der Waals surface area contributed by atoms with E-state index in [0.29, 0.717) is 13.0 Å². The number of allylic oxidation sites excluding steroid dienone is 4. The number of hydrogen-bond acceptors (Lipinski definition) is 5. The molecular weight excluding hydrogens is 306 g/mol. The van der Waals surface area contributed by atoms with E-state index in [1.807, 2.05) is 13.8 Å². The quantitative estimate of drug-likeness (QED) is 0.666. The van der Waals surface area contributed by atoms with Crippen molar-refractivity contribution >= 4 is 5.78 Å². The molecule has 1 aliphatic rings. The first-order valence-corrected chi connectivity index (χ1v) is 8.43. The van der Waals surface area contributed by atoms with E-state index in [1.54, 1.807) is 0 Å². The molecule has 0 spiro atoms. The smallest absolute Gasteiger partial charge is 0.204 e. The largest absolute Gasteiger partial charge is 0.494 e. The Morgan fingerprint density at radius 1 is 1.21 bits per heavy atom. The molecule has 3 unspecified atom stereocenters. The van der Waals surface area contributed by atoms with Crippen molar-refractivity contribution in [3.8, 4) is 0 Å². The van der Waals surface area contributed by atoms with E-state index < -0.39 is 6.10 Å². The van der Waals surface area contributed by atoms with Gasteiger partial charge in [0.05, 0.1) is 14.2 Å². The van der Waals surface area contributed by atoms with E-state index in [-0.39, 0.29) is 29.1 Å². The minimum atomic E-state index is -0.832. The molecule has 0 bridgehead atoms. The molecule has 3 atom stereocenters. The van der Waals surface area contributed by atoms with E-state index in [0.717, 1.165) is 12.8 Å². The maximum Gasteiger partial charge on any atom is 0.204 e. The molecule has 3 N–H and O–H groups in total. The second-order valence-corrected chi connectivity index (χ2v) is 6.44. The predicted octanol–water partition coefficient (Wildman–Crippen LogP) is 2.71. The number of aliphatic hydroxyl groups excluding tert-OH is 1. The molecule has 24 heavy (non-hydrogen) atoms. The summed E-state index contributed by atoms with van der Waals surface area (Å²) in [5.74, 6) is -0.257. The van der Waals surface area contributed by atoms with Gasteiger partial charge in [0.2, 0.25) is 11.5 Å². The third-order valence-corrected chi connectivity index (χ3v) is 4.69. The first kappa shape index (κ1) is 20.5. The highest BCUT2D eigenvalue weighted by molar-refractivity contribution is 5.97. The summed E-state index contributed by atoms with van der Waals surface area (Å²) in [5, 5.41) is 10.5. The molecule has 1 aliphatic carbocycles. The first-order valence-electron chi connectivity index (χ1n) is 8.43. The zero-order chi connectivity index (χ0) is 18.3. The van der Waals surface area contributed by atoms with Crippen LogP contribution < -0.4 is 5.73 Å². The molecule has 0 aromatic heterocycles. The number of hydrogen-bond donors (Lipinski definition) is 2. The molecular formula is C19H31NO4. The van der Waals surface area contributed by atoms with Gasteiger partial charge in [-0.1, -0.05) is 30.2 Å². The first-order chi connectivity index (χ1) is 11.4. The Morgan fingerprint density at radius 2 is 1.88 bits per heavy atom. The number of ketones is 1. The summed E-state index contributed by atoms with van der Waals surface area (Å²) in [6, 6.07) is 0. The molecule has 0 saturated carbocycles. The van der Waals surface area contributed by atoms with Crippen LogP contribution in [0.1, 0.15) is 40.0 Å². The van der Waals surface area contributed by atoms with Gasteiger partial charge in [-0.3, -0.25) is 4.79 Å². The van der Waals surface area contributed by atoms with Gasteiger partial charge in [0.15, 0.2) is 5.76 Å². The fourth-order valence-electron chi connectivity index (χ4n) is 2.94. The normalized spacial score (nSPS) is 26.0. The van der Waals surface area contributed by atoms with Gasteiger partial charge >= 0.3 is 0 Å². The van der Waals surface area contributed by atoms with E-state index >= 15 is 0 Å². The summed E-state index contributed by atoms with van der Waals surface area (Å²) < 4.78 is 10.3. The molecule has 0 saturated heterocycles. The van der Waals surface area contributed by atoms with E-state index in [9.17, 15) is 9.90 Å². The summed E-state index contributed by atoms with van der Waals surface area (Å²) in [7, 11) is 2.87. The van der Waals surface area contributed by atoms with Crippen LogP contribution >= 0.6 is 0 Å². The monoisotopic (exact) mass is 337 g/mol. The lowest BCUT2D eigenvalue weighted by molar-refractivity contribution is -0.128. The number of aliphatic hydroxyl groups is 1. The lowest BCUT2D eigenvalue weighted by Crippen LogP contribution is -2.40. The number of carbonyl (C=O) groups excluding carboxylic acids is 1. The van der Waals surface area contributed by atoms with Crippen molar-refractivity contribution in [1.29, 1.82) is 0 Å². The Labute approximate surface area is 145 Å². The number of methoxy groups -OCH3 is 2. The average Bonchev–Trinajstić information content (AvgIpc) is 2.57. The lowest BCUT2D eigenvalue weighted by atomic mass is 9.77. The number of Topliss-reactive ketones (excluding diaryl/α,β-unsaturated/α-hetero) is 1. The topological polar surface area (TPSA) is 81.8 Å². The number of rotatable bonds is 8. The molecule has 0 amide bonds. The van der Waals surface area contributed by atoms with Gasteiger partial charge in [-0.15, -0.1) is 0 Å². The minimum absolute atomic E-state index is 0.114. The van der Waals surface area contributed by atoms with Crippen molar-refractivity contribution in [2.24, 2.45) is 17.6 Å². The number of nitrogens with two attached hydrogens (primary N) is 1. The second kappa shape index (κ2) is 9.64. The Hall–Kier alpha value is -1.59. The molecule has 0 aromatic carbocycles. The Bertz CT molecular complexity index is 533. The molecule has 5 heteroatoms. The zero-order valence-corrected chi connectivity index (χ0v) is 15.5. The van der Waals surface area contributed by atoms with Crippen LogP contribution in [0.15, 0.2) is 34.8 Å². The van der Waals surface area contributed by atoms with Crippen LogP contribution in [0.2, 0.25) is 0 Å². The van der Waals surface area contributed by atoms with Gasteiger partial charge in [0, 0.05) is 18.4 Å². The van der Waals surface area contributed by atoms with Crippen LogP contribution in [0, 0.1) is 11.8 Å².